The molecule has 114 valence electrons. The van der Waals surface area contributed by atoms with Crippen LogP contribution in [0.1, 0.15) is 52.6 Å². The molecule has 0 aliphatic heterocycles. The highest BCUT2D eigenvalue weighted by molar-refractivity contribution is 5.20. The van der Waals surface area contributed by atoms with Gasteiger partial charge >= 0.3 is 0 Å². The van der Waals surface area contributed by atoms with E-state index in [0.29, 0.717) is 6.04 Å². The molecule has 0 radical (unpaired) electrons. The Morgan fingerprint density at radius 2 is 1.85 bits per heavy atom. The van der Waals surface area contributed by atoms with Crippen molar-refractivity contribution in [1.82, 2.24) is 10.2 Å². The smallest absolute Gasteiger partial charge is 0.127 e. The van der Waals surface area contributed by atoms with Crippen LogP contribution in [-0.2, 0) is 0 Å². The average molecular weight is 280 g/mol. The Morgan fingerprint density at radius 3 is 2.35 bits per heavy atom. The van der Waals surface area contributed by atoms with Crippen LogP contribution in [0.25, 0.3) is 0 Å². The third-order valence-corrected chi connectivity index (χ3v) is 3.88. The van der Waals surface area contributed by atoms with Gasteiger partial charge in [-0.2, -0.15) is 0 Å². The monoisotopic (exact) mass is 280 g/mol. The second-order valence-corrected chi connectivity index (χ2v) is 6.56. The van der Waals surface area contributed by atoms with Crippen molar-refractivity contribution < 1.29 is 4.39 Å². The van der Waals surface area contributed by atoms with Crippen LogP contribution >= 0.6 is 0 Å². The molecule has 2 unspecified atom stereocenters. The van der Waals surface area contributed by atoms with Gasteiger partial charge in [-0.1, -0.05) is 25.1 Å². The zero-order valence-electron chi connectivity index (χ0n) is 13.7. The first-order valence-corrected chi connectivity index (χ1v) is 7.47. The van der Waals surface area contributed by atoms with Gasteiger partial charge in [0.05, 0.1) is 0 Å². The second-order valence-electron chi connectivity index (χ2n) is 6.56. The van der Waals surface area contributed by atoms with Crippen LogP contribution in [0.4, 0.5) is 4.39 Å². The summed E-state index contributed by atoms with van der Waals surface area (Å²) in [5.74, 6) is -0.120. The van der Waals surface area contributed by atoms with Crippen LogP contribution in [0.2, 0.25) is 0 Å². The van der Waals surface area contributed by atoms with Gasteiger partial charge < -0.3 is 5.32 Å². The van der Waals surface area contributed by atoms with Gasteiger partial charge in [-0.05, 0) is 47.2 Å². The van der Waals surface area contributed by atoms with Crippen molar-refractivity contribution in [3.63, 3.8) is 0 Å². The summed E-state index contributed by atoms with van der Waals surface area (Å²) in [5, 5.41) is 3.54. The van der Waals surface area contributed by atoms with E-state index in [1.165, 1.54) is 6.07 Å². The summed E-state index contributed by atoms with van der Waals surface area (Å²) >= 11 is 0. The molecule has 0 fully saturated rings. The van der Waals surface area contributed by atoms with Gasteiger partial charge in [-0.15, -0.1) is 0 Å². The fraction of sp³-hybridized carbons (Fsp3) is 0.647. The molecule has 0 bridgehead atoms. The van der Waals surface area contributed by atoms with Crippen LogP contribution in [-0.4, -0.2) is 30.1 Å². The van der Waals surface area contributed by atoms with Gasteiger partial charge in [0.15, 0.2) is 0 Å². The maximum absolute atomic E-state index is 13.9. The Bertz CT molecular complexity index is 412. The van der Waals surface area contributed by atoms with E-state index in [-0.39, 0.29) is 17.4 Å². The lowest BCUT2D eigenvalue weighted by Crippen LogP contribution is -2.46. The number of likely N-dealkylation sites (N-methyl/N-ethyl adjacent to an activating group) is 1. The van der Waals surface area contributed by atoms with Crippen molar-refractivity contribution in [1.29, 1.82) is 0 Å². The Kier molecular flexibility index (Phi) is 6.15. The van der Waals surface area contributed by atoms with Crippen LogP contribution in [0.5, 0.6) is 0 Å². The molecule has 0 saturated carbocycles. The molecule has 0 aromatic heterocycles. The van der Waals surface area contributed by atoms with Gasteiger partial charge in [-0.3, -0.25) is 4.90 Å². The first-order chi connectivity index (χ1) is 9.26. The molecule has 2 nitrogen and oxygen atoms in total. The highest BCUT2D eigenvalue weighted by Crippen LogP contribution is 2.24. The molecule has 1 N–H and O–H groups in total. The Morgan fingerprint density at radius 1 is 1.25 bits per heavy atom. The van der Waals surface area contributed by atoms with E-state index >= 15 is 0 Å². The molecular formula is C17H29FN2. The predicted molar refractivity (Wildman–Crippen MR) is 84.4 cm³/mol. The molecule has 20 heavy (non-hydrogen) atoms. The number of hydrogen-bond acceptors (Lipinski definition) is 2. The average Bonchev–Trinajstić information content (AvgIpc) is 2.37. The number of nitrogens with zero attached hydrogens (tertiary/aromatic N) is 1. The molecule has 2 atom stereocenters. The van der Waals surface area contributed by atoms with Crippen LogP contribution < -0.4 is 5.32 Å². The van der Waals surface area contributed by atoms with E-state index in [1.54, 1.807) is 6.07 Å². The number of hydrogen-bond donors (Lipinski definition) is 1. The molecule has 1 aromatic carbocycles. The third-order valence-electron chi connectivity index (χ3n) is 3.88. The fourth-order valence-corrected chi connectivity index (χ4v) is 2.35. The molecule has 1 rings (SSSR count). The summed E-state index contributed by atoms with van der Waals surface area (Å²) in [4.78, 5) is 2.26. The van der Waals surface area contributed by atoms with E-state index in [4.69, 9.17) is 0 Å². The van der Waals surface area contributed by atoms with Crippen LogP contribution in [0, 0.1) is 5.82 Å². The number of nitrogens with one attached hydrogen (secondary N) is 1. The quantitative estimate of drug-likeness (QED) is 0.847. The zero-order valence-corrected chi connectivity index (χ0v) is 13.7. The van der Waals surface area contributed by atoms with Crippen molar-refractivity contribution in [2.45, 2.75) is 58.7 Å². The first kappa shape index (κ1) is 17.1. The van der Waals surface area contributed by atoms with E-state index in [9.17, 15) is 4.39 Å². The minimum Gasteiger partial charge on any atom is -0.311 e. The lowest BCUT2D eigenvalue weighted by atomic mass is 10.0. The van der Waals surface area contributed by atoms with Gasteiger partial charge in [0, 0.05) is 29.7 Å². The minimum atomic E-state index is -0.120. The minimum absolute atomic E-state index is 0.0721. The maximum Gasteiger partial charge on any atom is 0.127 e. The summed E-state index contributed by atoms with van der Waals surface area (Å²) in [6.45, 7) is 11.7. The third kappa shape index (κ3) is 4.88. The molecule has 1 aromatic rings. The number of benzene rings is 1. The molecule has 0 amide bonds. The van der Waals surface area contributed by atoms with Gasteiger partial charge in [0.2, 0.25) is 0 Å². The van der Waals surface area contributed by atoms with Crippen molar-refractivity contribution in [2.75, 3.05) is 13.6 Å². The summed E-state index contributed by atoms with van der Waals surface area (Å²) in [7, 11) is 2.08. The summed E-state index contributed by atoms with van der Waals surface area (Å²) in [6, 6.07) is 7.52. The second kappa shape index (κ2) is 7.19. The van der Waals surface area contributed by atoms with Gasteiger partial charge in [0.25, 0.3) is 0 Å². The summed E-state index contributed by atoms with van der Waals surface area (Å²) in [5.41, 5.74) is 0.874. The van der Waals surface area contributed by atoms with Gasteiger partial charge in [0.1, 0.15) is 5.82 Å². The predicted octanol–water partition coefficient (Wildman–Crippen LogP) is 3.99. The zero-order chi connectivity index (χ0) is 15.3. The van der Waals surface area contributed by atoms with Gasteiger partial charge in [-0.25, -0.2) is 4.39 Å². The molecule has 0 saturated heterocycles. The Labute approximate surface area is 123 Å². The summed E-state index contributed by atoms with van der Waals surface area (Å²) < 4.78 is 13.9. The molecule has 0 heterocycles. The van der Waals surface area contributed by atoms with Crippen LogP contribution in [0.3, 0.4) is 0 Å². The lowest BCUT2D eigenvalue weighted by molar-refractivity contribution is 0.165. The van der Waals surface area contributed by atoms with Crippen molar-refractivity contribution in [2.24, 2.45) is 0 Å². The van der Waals surface area contributed by atoms with E-state index in [1.807, 2.05) is 12.1 Å². The Balaban J connectivity index is 2.75. The molecule has 0 aliphatic carbocycles. The molecule has 0 spiro atoms. The standard InChI is InChI=1S/C17H29FN2/c1-7-14(12-19-17(3,4)5)20(6)13(2)15-10-8-9-11-16(15)18/h8-11,13-14,19H,7,12H2,1-6H3. The number of rotatable bonds is 6. The molecule has 3 heteroatoms. The number of halogens is 1. The van der Waals surface area contributed by atoms with E-state index in [2.05, 4.69) is 51.9 Å². The normalized spacial score (nSPS) is 15.4. The van der Waals surface area contributed by atoms with Crippen molar-refractivity contribution >= 4 is 0 Å². The molecule has 0 aliphatic rings. The SMILES string of the molecule is CCC(CNC(C)(C)C)N(C)C(C)c1ccccc1F. The van der Waals surface area contributed by atoms with E-state index < -0.39 is 0 Å². The summed E-state index contributed by atoms with van der Waals surface area (Å²) in [6.07, 6.45) is 1.04. The maximum atomic E-state index is 13.9. The lowest BCUT2D eigenvalue weighted by Gasteiger charge is -2.35. The van der Waals surface area contributed by atoms with E-state index in [0.717, 1.165) is 18.5 Å². The van der Waals surface area contributed by atoms with Crippen molar-refractivity contribution in [3.05, 3.63) is 35.6 Å². The topological polar surface area (TPSA) is 15.3 Å². The fourth-order valence-electron chi connectivity index (χ4n) is 2.35. The highest BCUT2D eigenvalue weighted by Gasteiger charge is 2.22. The highest BCUT2D eigenvalue weighted by atomic mass is 19.1. The largest absolute Gasteiger partial charge is 0.311 e. The Hall–Kier alpha value is -0.930. The van der Waals surface area contributed by atoms with Crippen LogP contribution in [0.15, 0.2) is 24.3 Å². The van der Waals surface area contributed by atoms with Crippen molar-refractivity contribution in [3.8, 4) is 0 Å². The first-order valence-electron chi connectivity index (χ1n) is 7.47. The molecular weight excluding hydrogens is 251 g/mol.